The molecular weight excluding hydrogens is 256 g/mol. The van der Waals surface area contributed by atoms with Gasteiger partial charge in [0.05, 0.1) is 5.92 Å². The topological polar surface area (TPSA) is 79.3 Å². The van der Waals surface area contributed by atoms with Crippen LogP contribution in [0.25, 0.3) is 0 Å². The number of nitrogens with zero attached hydrogens (tertiary/aromatic N) is 1. The fourth-order valence-electron chi connectivity index (χ4n) is 2.62. The standard InChI is InChI=1S/C15H20N2O3/c18-14(12-3-5-13(6-4-12)15(19)20)17-9-7-11-2-1-8-16-10-11/h1-2,8,10,12-13H,3-7,9H2,(H,17,18)(H,19,20). The first-order chi connectivity index (χ1) is 9.66. The summed E-state index contributed by atoms with van der Waals surface area (Å²) >= 11 is 0. The van der Waals surface area contributed by atoms with Crippen molar-refractivity contribution in [2.24, 2.45) is 11.8 Å². The molecule has 1 aromatic heterocycles. The summed E-state index contributed by atoms with van der Waals surface area (Å²) in [7, 11) is 0. The molecule has 1 aliphatic carbocycles. The van der Waals surface area contributed by atoms with Crippen molar-refractivity contribution in [2.75, 3.05) is 6.54 Å². The molecule has 1 heterocycles. The van der Waals surface area contributed by atoms with E-state index in [2.05, 4.69) is 10.3 Å². The average Bonchev–Trinajstić information content (AvgIpc) is 2.48. The lowest BCUT2D eigenvalue weighted by atomic mass is 9.81. The number of aliphatic carboxylic acids is 1. The van der Waals surface area contributed by atoms with E-state index in [9.17, 15) is 9.59 Å². The van der Waals surface area contributed by atoms with Crippen molar-refractivity contribution in [3.63, 3.8) is 0 Å². The summed E-state index contributed by atoms with van der Waals surface area (Å²) in [5.41, 5.74) is 1.10. The molecule has 0 aliphatic heterocycles. The SMILES string of the molecule is O=C(O)C1CCC(C(=O)NCCc2cccnc2)CC1. The third-order valence-corrected chi connectivity index (χ3v) is 3.88. The van der Waals surface area contributed by atoms with E-state index in [1.54, 1.807) is 12.4 Å². The number of carboxylic acid groups (broad SMARTS) is 1. The van der Waals surface area contributed by atoms with Crippen LogP contribution in [-0.4, -0.2) is 28.5 Å². The Kier molecular flexibility index (Phi) is 5.09. The van der Waals surface area contributed by atoms with Crippen LogP contribution in [0.4, 0.5) is 0 Å². The predicted molar refractivity (Wildman–Crippen MR) is 74.0 cm³/mol. The van der Waals surface area contributed by atoms with Gasteiger partial charge in [0.15, 0.2) is 0 Å². The highest BCUT2D eigenvalue weighted by Gasteiger charge is 2.29. The van der Waals surface area contributed by atoms with Crippen molar-refractivity contribution >= 4 is 11.9 Å². The molecule has 108 valence electrons. The van der Waals surface area contributed by atoms with Crippen LogP contribution in [0.15, 0.2) is 24.5 Å². The summed E-state index contributed by atoms with van der Waals surface area (Å²) in [5.74, 6) is -0.980. The lowest BCUT2D eigenvalue weighted by Gasteiger charge is -2.25. The summed E-state index contributed by atoms with van der Waals surface area (Å²) in [4.78, 5) is 26.9. The molecule has 0 bridgehead atoms. The molecule has 0 saturated heterocycles. The molecule has 1 aliphatic rings. The van der Waals surface area contributed by atoms with Crippen molar-refractivity contribution in [2.45, 2.75) is 32.1 Å². The largest absolute Gasteiger partial charge is 0.481 e. The molecule has 0 spiro atoms. The van der Waals surface area contributed by atoms with E-state index >= 15 is 0 Å². The molecule has 0 atom stereocenters. The second-order valence-electron chi connectivity index (χ2n) is 5.29. The van der Waals surface area contributed by atoms with Gasteiger partial charge in [0.1, 0.15) is 0 Å². The minimum atomic E-state index is -0.736. The number of nitrogens with one attached hydrogen (secondary N) is 1. The first kappa shape index (κ1) is 14.5. The molecule has 1 aromatic rings. The van der Waals surface area contributed by atoms with Crippen LogP contribution < -0.4 is 5.32 Å². The number of amides is 1. The van der Waals surface area contributed by atoms with Gasteiger partial charge >= 0.3 is 5.97 Å². The van der Waals surface area contributed by atoms with Gasteiger partial charge in [-0.05, 0) is 43.7 Å². The number of hydrogen-bond acceptors (Lipinski definition) is 3. The van der Waals surface area contributed by atoms with Gasteiger partial charge < -0.3 is 10.4 Å². The summed E-state index contributed by atoms with van der Waals surface area (Å²) < 4.78 is 0. The van der Waals surface area contributed by atoms with E-state index < -0.39 is 5.97 Å². The van der Waals surface area contributed by atoms with Crippen LogP contribution in [0.5, 0.6) is 0 Å². The average molecular weight is 276 g/mol. The Morgan fingerprint density at radius 1 is 1.25 bits per heavy atom. The van der Waals surface area contributed by atoms with E-state index in [4.69, 9.17) is 5.11 Å². The maximum absolute atomic E-state index is 12.0. The first-order valence-electron chi connectivity index (χ1n) is 7.06. The molecule has 0 unspecified atom stereocenters. The zero-order chi connectivity index (χ0) is 14.4. The van der Waals surface area contributed by atoms with Crippen LogP contribution in [0.2, 0.25) is 0 Å². The van der Waals surface area contributed by atoms with Crippen molar-refractivity contribution < 1.29 is 14.7 Å². The summed E-state index contributed by atoms with van der Waals surface area (Å²) in [6.07, 6.45) is 6.86. The Hall–Kier alpha value is -1.91. The van der Waals surface area contributed by atoms with Crippen LogP contribution in [0.1, 0.15) is 31.2 Å². The van der Waals surface area contributed by atoms with Gasteiger partial charge in [-0.1, -0.05) is 6.07 Å². The molecule has 2 N–H and O–H groups in total. The number of pyridine rings is 1. The molecule has 5 heteroatoms. The Balaban J connectivity index is 1.69. The van der Waals surface area contributed by atoms with Crippen molar-refractivity contribution in [3.8, 4) is 0 Å². The zero-order valence-corrected chi connectivity index (χ0v) is 11.4. The monoisotopic (exact) mass is 276 g/mol. The number of aromatic nitrogens is 1. The predicted octanol–water partition coefficient (Wildman–Crippen LogP) is 1.63. The van der Waals surface area contributed by atoms with Crippen molar-refractivity contribution in [1.82, 2.24) is 10.3 Å². The maximum atomic E-state index is 12.0. The summed E-state index contributed by atoms with van der Waals surface area (Å²) in [5, 5.41) is 11.9. The van der Waals surface area contributed by atoms with E-state index in [-0.39, 0.29) is 17.7 Å². The molecule has 1 fully saturated rings. The maximum Gasteiger partial charge on any atom is 0.306 e. The normalized spacial score (nSPS) is 22.2. The number of carbonyl (C=O) groups is 2. The van der Waals surface area contributed by atoms with E-state index in [1.807, 2.05) is 12.1 Å². The van der Waals surface area contributed by atoms with Gasteiger partial charge in [-0.3, -0.25) is 14.6 Å². The Bertz CT molecular complexity index is 453. The van der Waals surface area contributed by atoms with Crippen molar-refractivity contribution in [3.05, 3.63) is 30.1 Å². The summed E-state index contributed by atoms with van der Waals surface area (Å²) in [6, 6.07) is 3.86. The van der Waals surface area contributed by atoms with E-state index in [0.29, 0.717) is 32.2 Å². The zero-order valence-electron chi connectivity index (χ0n) is 11.4. The van der Waals surface area contributed by atoms with Gasteiger partial charge in [0.25, 0.3) is 0 Å². The second kappa shape index (κ2) is 7.03. The van der Waals surface area contributed by atoms with Crippen LogP contribution in [-0.2, 0) is 16.0 Å². The fraction of sp³-hybridized carbons (Fsp3) is 0.533. The first-order valence-corrected chi connectivity index (χ1v) is 7.06. The van der Waals surface area contributed by atoms with Gasteiger partial charge in [-0.2, -0.15) is 0 Å². The van der Waals surface area contributed by atoms with Crippen LogP contribution in [0, 0.1) is 11.8 Å². The van der Waals surface area contributed by atoms with Crippen molar-refractivity contribution in [1.29, 1.82) is 0 Å². The minimum Gasteiger partial charge on any atom is -0.481 e. The smallest absolute Gasteiger partial charge is 0.306 e. The lowest BCUT2D eigenvalue weighted by Crippen LogP contribution is -2.35. The Morgan fingerprint density at radius 3 is 2.55 bits per heavy atom. The number of hydrogen-bond donors (Lipinski definition) is 2. The highest BCUT2D eigenvalue weighted by Crippen LogP contribution is 2.28. The van der Waals surface area contributed by atoms with Gasteiger partial charge in [0.2, 0.25) is 5.91 Å². The third kappa shape index (κ3) is 4.05. The van der Waals surface area contributed by atoms with E-state index in [1.165, 1.54) is 0 Å². The van der Waals surface area contributed by atoms with Crippen LogP contribution >= 0.6 is 0 Å². The molecule has 0 radical (unpaired) electrons. The third-order valence-electron chi connectivity index (χ3n) is 3.88. The minimum absolute atomic E-state index is 0.0282. The van der Waals surface area contributed by atoms with E-state index in [0.717, 1.165) is 12.0 Å². The molecule has 20 heavy (non-hydrogen) atoms. The molecule has 0 aromatic carbocycles. The molecule has 5 nitrogen and oxygen atoms in total. The van der Waals surface area contributed by atoms with Crippen LogP contribution in [0.3, 0.4) is 0 Å². The van der Waals surface area contributed by atoms with Gasteiger partial charge in [-0.25, -0.2) is 0 Å². The fourth-order valence-corrected chi connectivity index (χ4v) is 2.62. The quantitative estimate of drug-likeness (QED) is 0.856. The number of carbonyl (C=O) groups excluding carboxylic acids is 1. The lowest BCUT2D eigenvalue weighted by molar-refractivity contribution is -0.144. The molecule has 1 amide bonds. The number of carboxylic acids is 1. The molecule has 1 saturated carbocycles. The molecular formula is C15H20N2O3. The highest BCUT2D eigenvalue weighted by atomic mass is 16.4. The molecule has 2 rings (SSSR count). The second-order valence-corrected chi connectivity index (χ2v) is 5.29. The Morgan fingerprint density at radius 2 is 1.95 bits per heavy atom. The van der Waals surface area contributed by atoms with Gasteiger partial charge in [0, 0.05) is 24.9 Å². The van der Waals surface area contributed by atoms with Gasteiger partial charge in [-0.15, -0.1) is 0 Å². The highest BCUT2D eigenvalue weighted by molar-refractivity contribution is 5.79. The number of rotatable bonds is 5. The Labute approximate surface area is 118 Å². The summed E-state index contributed by atoms with van der Waals surface area (Å²) in [6.45, 7) is 0.601.